The van der Waals surface area contributed by atoms with Gasteiger partial charge in [-0.15, -0.1) is 11.3 Å². The average Bonchev–Trinajstić information content (AvgIpc) is 2.40. The molecular weight excluding hydrogens is 216 g/mol. The van der Waals surface area contributed by atoms with Gasteiger partial charge >= 0.3 is 0 Å². The predicted octanol–water partition coefficient (Wildman–Crippen LogP) is 1.12. The standard InChI is InChI=1S/C4H3BrS.CH4N2O/c5-4-2-1-3-6-4;2-3-1-4/h1-3H;1H,2H2,(H,3,4). The second-order valence-corrected chi connectivity index (χ2v) is 3.53. The van der Waals surface area contributed by atoms with E-state index in [9.17, 15) is 0 Å². The largest absolute Gasteiger partial charge is 0.297 e. The highest BCUT2D eigenvalue weighted by molar-refractivity contribution is 9.11. The van der Waals surface area contributed by atoms with Gasteiger partial charge in [-0.25, -0.2) is 5.84 Å². The van der Waals surface area contributed by atoms with Gasteiger partial charge in [0.2, 0.25) is 6.41 Å². The zero-order valence-electron chi connectivity index (χ0n) is 5.08. The fourth-order valence-corrected chi connectivity index (χ4v) is 1.18. The lowest BCUT2D eigenvalue weighted by molar-refractivity contribution is -0.109. The van der Waals surface area contributed by atoms with Crippen LogP contribution in [0.25, 0.3) is 0 Å². The maximum atomic E-state index is 8.94. The fourth-order valence-electron chi connectivity index (χ4n) is 0.259. The van der Waals surface area contributed by atoms with Gasteiger partial charge in [0.1, 0.15) is 0 Å². The molecule has 1 heterocycles. The average molecular weight is 223 g/mol. The number of hydrogen-bond donors (Lipinski definition) is 2. The molecule has 5 heteroatoms. The van der Waals surface area contributed by atoms with E-state index in [0.717, 1.165) is 0 Å². The van der Waals surface area contributed by atoms with Gasteiger partial charge in [-0.05, 0) is 27.4 Å². The molecule has 0 fully saturated rings. The van der Waals surface area contributed by atoms with Crippen LogP contribution in [0.15, 0.2) is 21.3 Å². The van der Waals surface area contributed by atoms with Crippen molar-refractivity contribution in [2.24, 2.45) is 5.84 Å². The van der Waals surface area contributed by atoms with Crippen molar-refractivity contribution < 1.29 is 4.79 Å². The van der Waals surface area contributed by atoms with Gasteiger partial charge < -0.3 is 0 Å². The number of hydrogen-bond acceptors (Lipinski definition) is 3. The van der Waals surface area contributed by atoms with Crippen LogP contribution in [-0.4, -0.2) is 6.41 Å². The van der Waals surface area contributed by atoms with Crippen LogP contribution in [0.2, 0.25) is 0 Å². The van der Waals surface area contributed by atoms with Crippen molar-refractivity contribution in [3.8, 4) is 0 Å². The van der Waals surface area contributed by atoms with Crippen molar-refractivity contribution >= 4 is 33.7 Å². The first-order valence-corrected chi connectivity index (χ1v) is 4.07. The maximum Gasteiger partial charge on any atom is 0.221 e. The van der Waals surface area contributed by atoms with Crippen molar-refractivity contribution in [2.45, 2.75) is 0 Å². The topological polar surface area (TPSA) is 55.1 Å². The van der Waals surface area contributed by atoms with E-state index in [1.165, 1.54) is 3.79 Å². The van der Waals surface area contributed by atoms with E-state index >= 15 is 0 Å². The van der Waals surface area contributed by atoms with Crippen LogP contribution >= 0.6 is 27.3 Å². The van der Waals surface area contributed by atoms with E-state index < -0.39 is 0 Å². The molecule has 0 aromatic carbocycles. The van der Waals surface area contributed by atoms with Crippen LogP contribution in [0.3, 0.4) is 0 Å². The van der Waals surface area contributed by atoms with Crippen molar-refractivity contribution in [1.29, 1.82) is 0 Å². The molecule has 0 aliphatic carbocycles. The lowest BCUT2D eigenvalue weighted by Crippen LogP contribution is -2.18. The molecule has 0 unspecified atom stereocenters. The molecule has 0 saturated carbocycles. The molecule has 10 heavy (non-hydrogen) atoms. The number of hydrazine groups is 1. The highest BCUT2D eigenvalue weighted by atomic mass is 79.9. The molecular formula is C5H7BrN2OS. The van der Waals surface area contributed by atoms with Crippen LogP contribution in [0.4, 0.5) is 0 Å². The monoisotopic (exact) mass is 222 g/mol. The van der Waals surface area contributed by atoms with Crippen molar-refractivity contribution in [3.05, 3.63) is 21.3 Å². The van der Waals surface area contributed by atoms with Gasteiger partial charge in [-0.1, -0.05) is 6.07 Å². The van der Waals surface area contributed by atoms with Gasteiger partial charge in [0.15, 0.2) is 0 Å². The van der Waals surface area contributed by atoms with Crippen LogP contribution in [0.1, 0.15) is 0 Å². The Morgan fingerprint density at radius 3 is 2.50 bits per heavy atom. The van der Waals surface area contributed by atoms with E-state index in [1.807, 2.05) is 17.5 Å². The zero-order valence-corrected chi connectivity index (χ0v) is 7.48. The fraction of sp³-hybridized carbons (Fsp3) is 0. The Balaban J connectivity index is 0.000000180. The summed E-state index contributed by atoms with van der Waals surface area (Å²) in [5.41, 5.74) is 1.75. The molecule has 1 amide bonds. The number of rotatable bonds is 1. The Hall–Kier alpha value is -0.390. The van der Waals surface area contributed by atoms with Crippen LogP contribution in [-0.2, 0) is 4.79 Å². The molecule has 3 N–H and O–H groups in total. The lowest BCUT2D eigenvalue weighted by atomic mass is 10.7. The van der Waals surface area contributed by atoms with Gasteiger partial charge in [-0.2, -0.15) is 0 Å². The minimum atomic E-state index is 0.403. The Kier molecular flexibility index (Phi) is 6.46. The summed E-state index contributed by atoms with van der Waals surface area (Å²) in [5.74, 6) is 4.41. The zero-order chi connectivity index (χ0) is 7.82. The summed E-state index contributed by atoms with van der Waals surface area (Å²) in [5, 5.41) is 2.03. The molecule has 0 spiro atoms. The SMILES string of the molecule is Brc1cccs1.NNC=O. The molecule has 1 aromatic heterocycles. The van der Waals surface area contributed by atoms with Crippen LogP contribution in [0.5, 0.6) is 0 Å². The number of thiophene rings is 1. The summed E-state index contributed by atoms with van der Waals surface area (Å²) in [6.07, 6.45) is 0.403. The molecule has 0 aliphatic rings. The van der Waals surface area contributed by atoms with E-state index in [0.29, 0.717) is 6.41 Å². The summed E-state index contributed by atoms with van der Waals surface area (Å²) in [4.78, 5) is 8.94. The second kappa shape index (κ2) is 6.73. The molecule has 0 radical (unpaired) electrons. The van der Waals surface area contributed by atoms with E-state index in [-0.39, 0.29) is 0 Å². The smallest absolute Gasteiger partial charge is 0.221 e. The second-order valence-electron chi connectivity index (χ2n) is 1.20. The Morgan fingerprint density at radius 2 is 2.40 bits per heavy atom. The summed E-state index contributed by atoms with van der Waals surface area (Å²) in [6.45, 7) is 0. The first-order valence-electron chi connectivity index (χ1n) is 2.40. The number of nitrogens with two attached hydrogens (primary N) is 1. The van der Waals surface area contributed by atoms with E-state index in [4.69, 9.17) is 4.79 Å². The number of nitrogens with one attached hydrogen (secondary N) is 1. The molecule has 1 rings (SSSR count). The Bertz CT molecular complexity index is 166. The van der Waals surface area contributed by atoms with Crippen molar-refractivity contribution in [2.75, 3.05) is 0 Å². The van der Waals surface area contributed by atoms with Crippen molar-refractivity contribution in [1.82, 2.24) is 5.43 Å². The Labute approximate surface area is 71.3 Å². The van der Waals surface area contributed by atoms with Crippen molar-refractivity contribution in [3.63, 3.8) is 0 Å². The quantitative estimate of drug-likeness (QED) is 0.324. The van der Waals surface area contributed by atoms with Crippen LogP contribution < -0.4 is 11.3 Å². The summed E-state index contributed by atoms with van der Waals surface area (Å²) in [6, 6.07) is 4.03. The van der Waals surface area contributed by atoms with Gasteiger partial charge in [0, 0.05) is 0 Å². The minimum Gasteiger partial charge on any atom is -0.297 e. The molecule has 3 nitrogen and oxygen atoms in total. The van der Waals surface area contributed by atoms with Gasteiger partial charge in [-0.3, -0.25) is 10.2 Å². The first kappa shape index (κ1) is 9.61. The third kappa shape index (κ3) is 5.74. The predicted molar refractivity (Wildman–Crippen MR) is 45.4 cm³/mol. The molecule has 0 aliphatic heterocycles. The normalized spacial score (nSPS) is 7.40. The Morgan fingerprint density at radius 1 is 1.80 bits per heavy atom. The summed E-state index contributed by atoms with van der Waals surface area (Å²) < 4.78 is 1.20. The first-order chi connectivity index (χ1) is 4.81. The third-order valence-electron chi connectivity index (χ3n) is 0.554. The molecule has 0 atom stereocenters. The van der Waals surface area contributed by atoms with E-state index in [2.05, 4.69) is 21.8 Å². The number of halogens is 1. The van der Waals surface area contributed by atoms with Gasteiger partial charge in [0.25, 0.3) is 0 Å². The lowest BCUT2D eigenvalue weighted by Gasteiger charge is -1.66. The minimum absolute atomic E-state index is 0.403. The molecule has 1 aromatic rings. The third-order valence-corrected chi connectivity index (χ3v) is 2.03. The highest BCUT2D eigenvalue weighted by Gasteiger charge is 1.77. The number of carbonyl (C=O) groups is 1. The number of amides is 1. The number of carbonyl (C=O) groups excluding carboxylic acids is 1. The van der Waals surface area contributed by atoms with Gasteiger partial charge in [0.05, 0.1) is 3.79 Å². The highest BCUT2D eigenvalue weighted by Crippen LogP contribution is 2.14. The molecule has 56 valence electrons. The molecule has 0 saturated heterocycles. The molecule has 0 bridgehead atoms. The maximum absolute atomic E-state index is 8.94. The van der Waals surface area contributed by atoms with Crippen LogP contribution in [0, 0.1) is 0 Å². The summed E-state index contributed by atoms with van der Waals surface area (Å²) in [7, 11) is 0. The summed E-state index contributed by atoms with van der Waals surface area (Å²) >= 11 is 4.99. The van der Waals surface area contributed by atoms with E-state index in [1.54, 1.807) is 16.8 Å².